The summed E-state index contributed by atoms with van der Waals surface area (Å²) in [5.74, 6) is -0.541. The minimum absolute atomic E-state index is 0.0214. The molecule has 1 fully saturated rings. The molecule has 3 N–H and O–H groups in total. The highest BCUT2D eigenvalue weighted by Crippen LogP contribution is 2.24. The quantitative estimate of drug-likeness (QED) is 0.660. The molecule has 1 aliphatic carbocycles. The van der Waals surface area contributed by atoms with Crippen LogP contribution in [0.15, 0.2) is 36.9 Å². The average Bonchev–Trinajstić information content (AvgIpc) is 3.42. The van der Waals surface area contributed by atoms with Gasteiger partial charge in [-0.05, 0) is 51.0 Å². The third-order valence-corrected chi connectivity index (χ3v) is 5.11. The van der Waals surface area contributed by atoms with Crippen molar-refractivity contribution in [1.29, 1.82) is 0 Å². The van der Waals surface area contributed by atoms with Gasteiger partial charge in [0.15, 0.2) is 0 Å². The van der Waals surface area contributed by atoms with Crippen molar-refractivity contribution in [2.45, 2.75) is 51.6 Å². The van der Waals surface area contributed by atoms with Gasteiger partial charge < -0.3 is 16.0 Å². The van der Waals surface area contributed by atoms with Crippen LogP contribution >= 0.6 is 0 Å². The van der Waals surface area contributed by atoms with Gasteiger partial charge in [0, 0.05) is 17.3 Å². The Kier molecular flexibility index (Phi) is 6.58. The van der Waals surface area contributed by atoms with Crippen LogP contribution in [0.2, 0.25) is 0 Å². The number of rotatable bonds is 7. The number of amides is 3. The highest BCUT2D eigenvalue weighted by molar-refractivity contribution is 5.98. The van der Waals surface area contributed by atoms with E-state index in [0.29, 0.717) is 11.4 Å². The number of carbonyl (C=O) groups is 3. The van der Waals surface area contributed by atoms with Crippen LogP contribution in [0.4, 0.5) is 11.4 Å². The number of carbonyl (C=O) groups excluding carboxylic acids is 3. The molecule has 3 rings (SSSR count). The van der Waals surface area contributed by atoms with E-state index < -0.39 is 12.1 Å². The van der Waals surface area contributed by atoms with Gasteiger partial charge in [0.05, 0.1) is 0 Å². The number of nitrogens with one attached hydrogen (secondary N) is 3. The zero-order chi connectivity index (χ0) is 20.8. The van der Waals surface area contributed by atoms with Gasteiger partial charge in [0.25, 0.3) is 0 Å². The second kappa shape index (κ2) is 9.31. The van der Waals surface area contributed by atoms with Crippen molar-refractivity contribution in [2.75, 3.05) is 10.6 Å². The molecule has 3 amide bonds. The van der Waals surface area contributed by atoms with Crippen molar-refractivity contribution >= 4 is 29.1 Å². The molecule has 1 heterocycles. The smallest absolute Gasteiger partial charge is 0.249 e. The maximum Gasteiger partial charge on any atom is 0.249 e. The van der Waals surface area contributed by atoms with Crippen LogP contribution in [-0.4, -0.2) is 38.5 Å². The van der Waals surface area contributed by atoms with Crippen molar-refractivity contribution < 1.29 is 14.4 Å². The van der Waals surface area contributed by atoms with Gasteiger partial charge in [-0.1, -0.05) is 12.8 Å². The molecule has 1 aromatic heterocycles. The molecule has 2 aromatic rings. The molecule has 1 aromatic carbocycles. The fraction of sp³-hybridized carbons (Fsp3) is 0.450. The second-order valence-electron chi connectivity index (χ2n) is 7.32. The van der Waals surface area contributed by atoms with Gasteiger partial charge in [-0.3, -0.25) is 14.4 Å². The monoisotopic (exact) mass is 398 g/mol. The van der Waals surface area contributed by atoms with Crippen molar-refractivity contribution in [3.8, 4) is 0 Å². The van der Waals surface area contributed by atoms with E-state index in [1.54, 1.807) is 38.1 Å². The number of nitrogens with zero attached hydrogens (tertiary/aromatic N) is 3. The predicted molar refractivity (Wildman–Crippen MR) is 108 cm³/mol. The van der Waals surface area contributed by atoms with Crippen LogP contribution in [0.1, 0.15) is 45.6 Å². The third-order valence-electron chi connectivity index (χ3n) is 5.11. The summed E-state index contributed by atoms with van der Waals surface area (Å²) in [5.41, 5.74) is 1.18. The molecular weight excluding hydrogens is 372 g/mol. The van der Waals surface area contributed by atoms with E-state index in [0.717, 1.165) is 25.7 Å². The van der Waals surface area contributed by atoms with Crippen LogP contribution in [0.5, 0.6) is 0 Å². The van der Waals surface area contributed by atoms with Gasteiger partial charge in [-0.25, -0.2) is 9.67 Å². The topological polar surface area (TPSA) is 118 Å². The van der Waals surface area contributed by atoms with Crippen LogP contribution < -0.4 is 16.0 Å². The third kappa shape index (κ3) is 5.40. The summed E-state index contributed by atoms with van der Waals surface area (Å²) in [6.07, 6.45) is 6.78. The first-order valence-electron chi connectivity index (χ1n) is 9.80. The van der Waals surface area contributed by atoms with Gasteiger partial charge in [-0.15, -0.1) is 0 Å². The molecule has 154 valence electrons. The maximum atomic E-state index is 12.3. The summed E-state index contributed by atoms with van der Waals surface area (Å²) < 4.78 is 1.46. The Morgan fingerprint density at radius 3 is 2.14 bits per heavy atom. The maximum absolute atomic E-state index is 12.3. The van der Waals surface area contributed by atoms with Crippen LogP contribution in [-0.2, 0) is 14.4 Å². The zero-order valence-corrected chi connectivity index (χ0v) is 16.6. The van der Waals surface area contributed by atoms with Crippen LogP contribution in [0.25, 0.3) is 0 Å². The first-order valence-corrected chi connectivity index (χ1v) is 9.80. The van der Waals surface area contributed by atoms with E-state index in [9.17, 15) is 14.4 Å². The summed E-state index contributed by atoms with van der Waals surface area (Å²) >= 11 is 0. The van der Waals surface area contributed by atoms with E-state index in [4.69, 9.17) is 0 Å². The first-order chi connectivity index (χ1) is 13.9. The van der Waals surface area contributed by atoms with Gasteiger partial charge in [0.1, 0.15) is 24.7 Å². The summed E-state index contributed by atoms with van der Waals surface area (Å²) in [6.45, 7) is 3.39. The number of hydrogen-bond donors (Lipinski definition) is 3. The minimum atomic E-state index is -0.619. The molecule has 2 atom stereocenters. The van der Waals surface area contributed by atoms with E-state index in [1.807, 2.05) is 0 Å². The Hall–Kier alpha value is -3.23. The van der Waals surface area contributed by atoms with E-state index in [2.05, 4.69) is 26.0 Å². The van der Waals surface area contributed by atoms with Crippen molar-refractivity contribution in [3.05, 3.63) is 36.9 Å². The van der Waals surface area contributed by atoms with E-state index >= 15 is 0 Å². The Balaban J connectivity index is 1.49. The summed E-state index contributed by atoms with van der Waals surface area (Å²) in [4.78, 5) is 40.6. The lowest BCUT2D eigenvalue weighted by Crippen LogP contribution is -2.43. The Morgan fingerprint density at radius 1 is 1.00 bits per heavy atom. The molecule has 0 saturated heterocycles. The van der Waals surface area contributed by atoms with E-state index in [-0.39, 0.29) is 23.6 Å². The molecule has 2 unspecified atom stereocenters. The summed E-state index contributed by atoms with van der Waals surface area (Å²) in [7, 11) is 0. The average molecular weight is 398 g/mol. The SMILES string of the molecule is CC(NC(=O)C1CCCC1)C(=O)Nc1ccc(NC(=O)C(C)n2cncn2)cc1. The zero-order valence-electron chi connectivity index (χ0n) is 16.6. The normalized spacial score (nSPS) is 16.1. The molecule has 0 bridgehead atoms. The predicted octanol–water partition coefficient (Wildman–Crippen LogP) is 2.11. The highest BCUT2D eigenvalue weighted by Gasteiger charge is 2.25. The van der Waals surface area contributed by atoms with Gasteiger partial charge >= 0.3 is 0 Å². The Bertz CT molecular complexity index is 844. The van der Waals surface area contributed by atoms with Gasteiger partial charge in [0.2, 0.25) is 17.7 Å². The molecule has 0 radical (unpaired) electrons. The molecular formula is C20H26N6O3. The largest absolute Gasteiger partial charge is 0.344 e. The van der Waals surface area contributed by atoms with Crippen molar-refractivity contribution in [3.63, 3.8) is 0 Å². The molecule has 0 aliphatic heterocycles. The highest BCUT2D eigenvalue weighted by atomic mass is 16.2. The number of anilines is 2. The second-order valence-corrected chi connectivity index (χ2v) is 7.32. The lowest BCUT2D eigenvalue weighted by molar-refractivity contribution is -0.128. The number of aromatic nitrogens is 3. The summed E-state index contributed by atoms with van der Waals surface area (Å²) in [6, 6.07) is 5.66. The van der Waals surface area contributed by atoms with Crippen molar-refractivity contribution in [2.24, 2.45) is 5.92 Å². The van der Waals surface area contributed by atoms with E-state index in [1.165, 1.54) is 17.3 Å². The minimum Gasteiger partial charge on any atom is -0.344 e. The Labute approximate surface area is 169 Å². The fourth-order valence-electron chi connectivity index (χ4n) is 3.26. The van der Waals surface area contributed by atoms with Crippen LogP contribution in [0, 0.1) is 5.92 Å². The van der Waals surface area contributed by atoms with Crippen molar-refractivity contribution in [1.82, 2.24) is 20.1 Å². The fourth-order valence-corrected chi connectivity index (χ4v) is 3.26. The molecule has 1 saturated carbocycles. The molecule has 9 heteroatoms. The molecule has 0 spiro atoms. The number of hydrogen-bond acceptors (Lipinski definition) is 5. The lowest BCUT2D eigenvalue weighted by Gasteiger charge is -2.17. The standard InChI is InChI=1S/C20H26N6O3/c1-13(23-20(29)15-5-3-4-6-15)18(27)24-16-7-9-17(10-8-16)25-19(28)14(2)26-12-21-11-22-26/h7-15H,3-6H2,1-2H3,(H,23,29)(H,24,27)(H,25,28). The Morgan fingerprint density at radius 2 is 1.59 bits per heavy atom. The summed E-state index contributed by atoms with van der Waals surface area (Å²) in [5, 5.41) is 12.3. The molecule has 29 heavy (non-hydrogen) atoms. The molecule has 1 aliphatic rings. The molecule has 9 nitrogen and oxygen atoms in total. The number of benzene rings is 1. The van der Waals surface area contributed by atoms with Crippen LogP contribution in [0.3, 0.4) is 0 Å². The first kappa shape index (κ1) is 20.5. The van der Waals surface area contributed by atoms with Gasteiger partial charge in [-0.2, -0.15) is 5.10 Å². The lowest BCUT2D eigenvalue weighted by atomic mass is 10.1.